The molecule has 1 saturated heterocycles. The van der Waals surface area contributed by atoms with Crippen molar-refractivity contribution >= 4 is 11.8 Å². The van der Waals surface area contributed by atoms with Crippen molar-refractivity contribution < 1.29 is 14.0 Å². The van der Waals surface area contributed by atoms with E-state index >= 15 is 0 Å². The van der Waals surface area contributed by atoms with Gasteiger partial charge in [-0.1, -0.05) is 11.6 Å². The summed E-state index contributed by atoms with van der Waals surface area (Å²) in [5.41, 5.74) is 0.858. The molecule has 0 aromatic heterocycles. The van der Waals surface area contributed by atoms with Gasteiger partial charge >= 0.3 is 0 Å². The van der Waals surface area contributed by atoms with Gasteiger partial charge in [0.1, 0.15) is 11.9 Å². The van der Waals surface area contributed by atoms with Crippen molar-refractivity contribution in [2.45, 2.75) is 25.8 Å². The van der Waals surface area contributed by atoms with Gasteiger partial charge in [-0.15, -0.1) is 0 Å². The number of hydrogen-bond donors (Lipinski definition) is 1. The van der Waals surface area contributed by atoms with Crippen LogP contribution < -0.4 is 5.32 Å². The fourth-order valence-corrected chi connectivity index (χ4v) is 2.41. The van der Waals surface area contributed by atoms with E-state index in [2.05, 4.69) is 5.32 Å². The summed E-state index contributed by atoms with van der Waals surface area (Å²) in [6.45, 7) is 2.29. The molecule has 1 fully saturated rings. The average Bonchev–Trinajstić information content (AvgIpc) is 2.89. The lowest BCUT2D eigenvalue weighted by molar-refractivity contribution is -0.124. The summed E-state index contributed by atoms with van der Waals surface area (Å²) in [7, 11) is 1.54. The molecule has 1 aliphatic heterocycles. The summed E-state index contributed by atoms with van der Waals surface area (Å²) < 4.78 is 13.7. The Labute approximate surface area is 111 Å². The molecule has 4 nitrogen and oxygen atoms in total. The summed E-state index contributed by atoms with van der Waals surface area (Å²) in [6, 6.07) is 3.94. The average molecular weight is 264 g/mol. The van der Waals surface area contributed by atoms with E-state index in [1.165, 1.54) is 24.1 Å². The summed E-state index contributed by atoms with van der Waals surface area (Å²) in [5.74, 6) is -1.15. The molecule has 0 bridgehead atoms. The third-order valence-corrected chi connectivity index (χ3v) is 3.41. The van der Waals surface area contributed by atoms with Crippen LogP contribution in [0.2, 0.25) is 0 Å². The highest BCUT2D eigenvalue weighted by molar-refractivity contribution is 5.98. The monoisotopic (exact) mass is 264 g/mol. The number of aryl methyl sites for hydroxylation is 1. The lowest BCUT2D eigenvalue weighted by atomic mass is 10.1. The van der Waals surface area contributed by atoms with E-state index in [0.29, 0.717) is 13.0 Å². The molecule has 1 heterocycles. The highest BCUT2D eigenvalue weighted by atomic mass is 19.1. The van der Waals surface area contributed by atoms with E-state index in [0.717, 1.165) is 12.0 Å². The molecule has 19 heavy (non-hydrogen) atoms. The van der Waals surface area contributed by atoms with Crippen LogP contribution in [0.5, 0.6) is 0 Å². The van der Waals surface area contributed by atoms with Gasteiger partial charge in [0.25, 0.3) is 5.91 Å². The molecule has 2 rings (SSSR count). The molecular weight excluding hydrogens is 247 g/mol. The molecule has 0 aliphatic carbocycles. The van der Waals surface area contributed by atoms with Crippen LogP contribution in [0, 0.1) is 12.7 Å². The first-order valence-electron chi connectivity index (χ1n) is 6.33. The molecule has 0 radical (unpaired) electrons. The minimum Gasteiger partial charge on any atom is -0.357 e. The van der Waals surface area contributed by atoms with Crippen LogP contribution in [0.4, 0.5) is 4.39 Å². The summed E-state index contributed by atoms with van der Waals surface area (Å²) in [6.07, 6.45) is 1.39. The molecule has 1 atom stereocenters. The predicted molar refractivity (Wildman–Crippen MR) is 69.3 cm³/mol. The van der Waals surface area contributed by atoms with Crippen LogP contribution in [0.3, 0.4) is 0 Å². The van der Waals surface area contributed by atoms with Gasteiger partial charge < -0.3 is 10.2 Å². The van der Waals surface area contributed by atoms with Crippen LogP contribution in [-0.2, 0) is 4.79 Å². The van der Waals surface area contributed by atoms with Crippen molar-refractivity contribution in [1.82, 2.24) is 10.2 Å². The van der Waals surface area contributed by atoms with Crippen LogP contribution in [-0.4, -0.2) is 36.3 Å². The highest BCUT2D eigenvalue weighted by Gasteiger charge is 2.34. The van der Waals surface area contributed by atoms with Gasteiger partial charge in [-0.25, -0.2) is 4.39 Å². The molecule has 102 valence electrons. The maximum atomic E-state index is 13.7. The third kappa shape index (κ3) is 2.59. The van der Waals surface area contributed by atoms with Crippen molar-refractivity contribution in [2.24, 2.45) is 0 Å². The van der Waals surface area contributed by atoms with E-state index in [9.17, 15) is 14.0 Å². The molecule has 1 N–H and O–H groups in total. The molecule has 0 spiro atoms. The number of carbonyl (C=O) groups is 2. The van der Waals surface area contributed by atoms with Gasteiger partial charge in [0.15, 0.2) is 0 Å². The molecule has 1 aliphatic rings. The van der Waals surface area contributed by atoms with Crippen molar-refractivity contribution in [3.63, 3.8) is 0 Å². The Kier molecular flexibility index (Phi) is 3.83. The first-order valence-corrected chi connectivity index (χ1v) is 6.33. The smallest absolute Gasteiger partial charge is 0.257 e. The van der Waals surface area contributed by atoms with Crippen molar-refractivity contribution in [2.75, 3.05) is 13.6 Å². The molecular formula is C14H17FN2O2. The number of halogens is 1. The molecule has 0 saturated carbocycles. The second kappa shape index (κ2) is 5.38. The number of nitrogens with one attached hydrogen (secondary N) is 1. The second-order valence-electron chi connectivity index (χ2n) is 4.75. The van der Waals surface area contributed by atoms with Crippen molar-refractivity contribution in [3.8, 4) is 0 Å². The Morgan fingerprint density at radius 1 is 1.42 bits per heavy atom. The third-order valence-electron chi connectivity index (χ3n) is 3.41. The number of carbonyl (C=O) groups excluding carboxylic acids is 2. The summed E-state index contributed by atoms with van der Waals surface area (Å²) >= 11 is 0. The lowest BCUT2D eigenvalue weighted by Gasteiger charge is -2.23. The Morgan fingerprint density at radius 3 is 2.84 bits per heavy atom. The fourth-order valence-electron chi connectivity index (χ4n) is 2.41. The Morgan fingerprint density at radius 2 is 2.16 bits per heavy atom. The van der Waals surface area contributed by atoms with E-state index < -0.39 is 17.8 Å². The molecule has 1 aromatic carbocycles. The fraction of sp³-hybridized carbons (Fsp3) is 0.429. The second-order valence-corrected chi connectivity index (χ2v) is 4.75. The van der Waals surface area contributed by atoms with Gasteiger partial charge in [0, 0.05) is 13.6 Å². The van der Waals surface area contributed by atoms with Gasteiger partial charge in [0.2, 0.25) is 5.91 Å². The van der Waals surface area contributed by atoms with Gasteiger partial charge in [-0.3, -0.25) is 9.59 Å². The number of likely N-dealkylation sites (tertiary alicyclic amines) is 1. The number of nitrogens with zero attached hydrogens (tertiary/aromatic N) is 1. The first-order chi connectivity index (χ1) is 9.04. The van der Waals surface area contributed by atoms with Crippen molar-refractivity contribution in [1.29, 1.82) is 0 Å². The van der Waals surface area contributed by atoms with Gasteiger partial charge in [-0.05, 0) is 31.9 Å². The summed E-state index contributed by atoms with van der Waals surface area (Å²) in [5, 5.41) is 2.54. The normalized spacial score (nSPS) is 18.5. The molecule has 1 aromatic rings. The van der Waals surface area contributed by atoms with Crippen molar-refractivity contribution in [3.05, 3.63) is 35.1 Å². The summed E-state index contributed by atoms with van der Waals surface area (Å²) in [4.78, 5) is 25.5. The van der Waals surface area contributed by atoms with E-state index in [4.69, 9.17) is 0 Å². The van der Waals surface area contributed by atoms with Crippen LogP contribution >= 0.6 is 0 Å². The number of hydrogen-bond acceptors (Lipinski definition) is 2. The number of benzene rings is 1. The maximum absolute atomic E-state index is 13.7. The van der Waals surface area contributed by atoms with Gasteiger partial charge in [0.05, 0.1) is 5.56 Å². The molecule has 2 amide bonds. The zero-order valence-electron chi connectivity index (χ0n) is 11.1. The quantitative estimate of drug-likeness (QED) is 0.879. The highest BCUT2D eigenvalue weighted by Crippen LogP contribution is 2.22. The minimum atomic E-state index is -0.543. The maximum Gasteiger partial charge on any atom is 0.257 e. The Hall–Kier alpha value is -1.91. The van der Waals surface area contributed by atoms with E-state index in [-0.39, 0.29) is 11.5 Å². The van der Waals surface area contributed by atoms with Crippen LogP contribution in [0.15, 0.2) is 18.2 Å². The largest absolute Gasteiger partial charge is 0.357 e. The number of rotatable bonds is 2. The Balaban J connectivity index is 2.28. The molecule has 1 unspecified atom stereocenters. The molecule has 5 heteroatoms. The minimum absolute atomic E-state index is 0.0378. The number of amides is 2. The zero-order chi connectivity index (χ0) is 14.0. The van der Waals surface area contributed by atoms with Gasteiger partial charge in [-0.2, -0.15) is 0 Å². The standard InChI is InChI=1S/C14H17FN2O2/c1-9-5-6-11(15)10(8-9)14(19)17-7-3-4-12(17)13(18)16-2/h5-6,8,12H,3-4,7H2,1-2H3,(H,16,18). The van der Waals surface area contributed by atoms with Crippen LogP contribution in [0.25, 0.3) is 0 Å². The SMILES string of the molecule is CNC(=O)C1CCCN1C(=O)c1cc(C)ccc1F. The predicted octanol–water partition coefficient (Wildman–Crippen LogP) is 1.48. The Bertz CT molecular complexity index is 516. The lowest BCUT2D eigenvalue weighted by Crippen LogP contribution is -2.45. The van der Waals surface area contributed by atoms with E-state index in [1.807, 2.05) is 0 Å². The zero-order valence-corrected chi connectivity index (χ0v) is 11.1. The van der Waals surface area contributed by atoms with Crippen LogP contribution in [0.1, 0.15) is 28.8 Å². The topological polar surface area (TPSA) is 49.4 Å². The first kappa shape index (κ1) is 13.5. The number of likely N-dealkylation sites (N-methyl/N-ethyl adjacent to an activating group) is 1. The van der Waals surface area contributed by atoms with E-state index in [1.54, 1.807) is 13.0 Å².